The molecule has 10 rings (SSSR count). The molecule has 4 aliphatic carbocycles. The quantitative estimate of drug-likeness (QED) is 0.115. The van der Waals surface area contributed by atoms with Gasteiger partial charge in [-0.25, -0.2) is 0 Å². The lowest BCUT2D eigenvalue weighted by molar-refractivity contribution is 0.912. The molecule has 0 unspecified atom stereocenters. The van der Waals surface area contributed by atoms with Crippen molar-refractivity contribution in [2.75, 3.05) is 76.0 Å². The lowest BCUT2D eigenvalue weighted by Gasteiger charge is -2.19. The third-order valence-corrected chi connectivity index (χ3v) is 11.6. The minimum atomic E-state index is 0.921. The summed E-state index contributed by atoms with van der Waals surface area (Å²) in [5, 5.41) is 0. The highest BCUT2D eigenvalue weighted by Crippen LogP contribution is 2.31. The maximum Gasteiger partial charge on any atom is 0.0361 e. The summed E-state index contributed by atoms with van der Waals surface area (Å²) in [5.74, 6) is 0. The monoisotopic (exact) mass is 788 g/mol. The molecule has 0 saturated heterocycles. The normalized spacial score (nSPS) is 12.8. The van der Waals surface area contributed by atoms with Crippen LogP contribution < -0.4 is 19.6 Å². The van der Waals surface area contributed by atoms with Crippen LogP contribution in [-0.4, -0.2) is 56.4 Å². The van der Waals surface area contributed by atoms with Crippen molar-refractivity contribution >= 4 is 71.4 Å². The van der Waals surface area contributed by atoms with Gasteiger partial charge in [-0.05, 0) is 141 Å². The van der Waals surface area contributed by atoms with Gasteiger partial charge in [0.25, 0.3) is 0 Å². The molecule has 4 bridgehead atoms. The Morgan fingerprint density at radius 1 is 0.267 bits per heavy atom. The lowest BCUT2D eigenvalue weighted by atomic mass is 9.86. The molecule has 0 heterocycles. The van der Waals surface area contributed by atoms with Crippen LogP contribution in [-0.2, 0) is 25.7 Å². The van der Waals surface area contributed by atoms with E-state index in [4.69, 9.17) is 0 Å². The Balaban J connectivity index is 1.29. The van der Waals surface area contributed by atoms with Crippen molar-refractivity contribution in [3.05, 3.63) is 188 Å². The smallest absolute Gasteiger partial charge is 0.0361 e. The van der Waals surface area contributed by atoms with Gasteiger partial charge in [-0.3, -0.25) is 0 Å². The number of hydrogen-bond acceptors (Lipinski definition) is 4. The molecule has 6 aromatic carbocycles. The van der Waals surface area contributed by atoms with Gasteiger partial charge >= 0.3 is 0 Å². The second kappa shape index (κ2) is 19.0. The molecule has 4 heteroatoms. The molecule has 0 aromatic heterocycles. The highest BCUT2D eigenvalue weighted by atomic mass is 15.1. The van der Waals surface area contributed by atoms with E-state index in [-0.39, 0.29) is 0 Å². The van der Waals surface area contributed by atoms with Gasteiger partial charge in [-0.2, -0.15) is 0 Å². The van der Waals surface area contributed by atoms with Crippen LogP contribution in [0.4, 0.5) is 22.7 Å². The Bertz CT molecular complexity index is 2140. The van der Waals surface area contributed by atoms with E-state index in [9.17, 15) is 0 Å². The van der Waals surface area contributed by atoms with Gasteiger partial charge < -0.3 is 19.6 Å². The van der Waals surface area contributed by atoms with E-state index in [1.165, 1.54) is 89.5 Å². The second-order valence-corrected chi connectivity index (χ2v) is 16.8. The van der Waals surface area contributed by atoms with E-state index in [2.05, 4.69) is 246 Å². The molecule has 0 atom stereocenters. The maximum atomic E-state index is 2.46. The third kappa shape index (κ3) is 10.6. The van der Waals surface area contributed by atoms with Gasteiger partial charge in [0.2, 0.25) is 0 Å². The minimum Gasteiger partial charge on any atom is -0.378 e. The van der Waals surface area contributed by atoms with Crippen molar-refractivity contribution in [1.29, 1.82) is 0 Å². The first kappa shape index (κ1) is 41.6. The van der Waals surface area contributed by atoms with E-state index in [1.807, 2.05) is 0 Å². The summed E-state index contributed by atoms with van der Waals surface area (Å²) in [6.07, 6.45) is 22.1. The molecule has 0 N–H and O–H groups in total. The van der Waals surface area contributed by atoms with E-state index < -0.39 is 0 Å². The number of benzene rings is 6. The predicted molar refractivity (Wildman–Crippen MR) is 266 cm³/mol. The number of nitrogens with zero attached hydrogens (tertiary/aromatic N) is 4. The largest absolute Gasteiger partial charge is 0.378 e. The molecule has 6 aromatic rings. The summed E-state index contributed by atoms with van der Waals surface area (Å²) < 4.78 is 0. The van der Waals surface area contributed by atoms with Crippen molar-refractivity contribution in [2.45, 2.75) is 25.7 Å². The standard InChI is InChI=1S/C56H60N4/c1-57(2)53-29-13-41(14-30-53)9-21-45-37-50-27-28-52-40-47(23-11-43-17-33-55(34-18-43)59(5)6)51(39-48(52)24-12-44-19-35-56(36-20-44)60(7)8)26-25-49(45)38-46(50)22-10-42-15-31-54(32-16-42)58(3)4/h9-24,29-40H,25-28H2,1-8H3/b21-9-,22-10+,23-11+,24-12+. The molecular weight excluding hydrogens is 729 g/mol. The Hall–Kier alpha value is -6.52. The molecule has 60 heavy (non-hydrogen) atoms. The van der Waals surface area contributed by atoms with Crippen LogP contribution in [0.1, 0.15) is 66.8 Å². The molecule has 4 nitrogen and oxygen atoms in total. The number of hydrogen-bond donors (Lipinski definition) is 0. The molecular formula is C56H60N4. The first-order valence-corrected chi connectivity index (χ1v) is 21.1. The Labute approximate surface area is 359 Å². The summed E-state index contributed by atoms with van der Waals surface area (Å²) in [5.41, 5.74) is 20.2. The van der Waals surface area contributed by atoms with Crippen LogP contribution in [0.25, 0.3) is 48.6 Å². The summed E-state index contributed by atoms with van der Waals surface area (Å²) in [6, 6.07) is 45.1. The summed E-state index contributed by atoms with van der Waals surface area (Å²) in [7, 11) is 16.7. The Morgan fingerprint density at radius 3 is 0.617 bits per heavy atom. The molecule has 0 fully saturated rings. The molecule has 0 saturated carbocycles. The van der Waals surface area contributed by atoms with Crippen LogP contribution >= 0.6 is 0 Å². The number of rotatable bonds is 12. The van der Waals surface area contributed by atoms with Crippen LogP contribution in [0, 0.1) is 0 Å². The zero-order valence-electron chi connectivity index (χ0n) is 36.8. The highest BCUT2D eigenvalue weighted by molar-refractivity contribution is 5.79. The first-order valence-electron chi connectivity index (χ1n) is 21.1. The van der Waals surface area contributed by atoms with Gasteiger partial charge in [-0.15, -0.1) is 0 Å². The zero-order chi connectivity index (χ0) is 42.2. The van der Waals surface area contributed by atoms with Crippen molar-refractivity contribution in [3.63, 3.8) is 0 Å². The van der Waals surface area contributed by atoms with Crippen molar-refractivity contribution in [3.8, 4) is 0 Å². The van der Waals surface area contributed by atoms with Gasteiger partial charge in [0.15, 0.2) is 0 Å². The van der Waals surface area contributed by atoms with Crippen LogP contribution in [0.15, 0.2) is 121 Å². The molecule has 0 spiro atoms. The maximum absolute atomic E-state index is 2.46. The van der Waals surface area contributed by atoms with Gasteiger partial charge in [0.1, 0.15) is 0 Å². The summed E-state index contributed by atoms with van der Waals surface area (Å²) in [6.45, 7) is 0. The summed E-state index contributed by atoms with van der Waals surface area (Å²) in [4.78, 5) is 8.58. The predicted octanol–water partition coefficient (Wildman–Crippen LogP) is 12.5. The molecule has 4 aliphatic rings. The van der Waals surface area contributed by atoms with E-state index in [0.29, 0.717) is 0 Å². The fourth-order valence-corrected chi connectivity index (χ4v) is 7.76. The third-order valence-electron chi connectivity index (χ3n) is 11.6. The van der Waals surface area contributed by atoms with Crippen molar-refractivity contribution in [2.24, 2.45) is 0 Å². The zero-order valence-corrected chi connectivity index (χ0v) is 36.8. The number of anilines is 4. The average molecular weight is 789 g/mol. The highest BCUT2D eigenvalue weighted by Gasteiger charge is 2.15. The SMILES string of the molecule is CN(C)c1ccc(/C=C\c2cc3c(/C=C/c4ccc(N(C)C)cc4)cc2CCc2cc(/C=C/c4ccc(N(C)C)cc4)c(cc2/C=C/c2ccc(N(C)C)cc2)CC3)cc1. The second-order valence-electron chi connectivity index (χ2n) is 16.8. The van der Waals surface area contributed by atoms with Crippen molar-refractivity contribution in [1.82, 2.24) is 0 Å². The Morgan fingerprint density at radius 2 is 0.450 bits per heavy atom. The fraction of sp³-hybridized carbons (Fsp3) is 0.214. The van der Waals surface area contributed by atoms with Gasteiger partial charge in [0, 0.05) is 79.1 Å². The first-order chi connectivity index (χ1) is 29.0. The lowest BCUT2D eigenvalue weighted by Crippen LogP contribution is -2.08. The van der Waals surface area contributed by atoms with E-state index >= 15 is 0 Å². The van der Waals surface area contributed by atoms with Gasteiger partial charge in [-0.1, -0.05) is 121 Å². The van der Waals surface area contributed by atoms with Crippen LogP contribution in [0.3, 0.4) is 0 Å². The Kier molecular flexibility index (Phi) is 13.2. The molecule has 0 aliphatic heterocycles. The fourth-order valence-electron chi connectivity index (χ4n) is 7.76. The van der Waals surface area contributed by atoms with Gasteiger partial charge in [0.05, 0.1) is 0 Å². The topological polar surface area (TPSA) is 13.0 Å². The molecule has 0 amide bonds. The van der Waals surface area contributed by atoms with E-state index in [1.54, 1.807) is 0 Å². The number of aryl methyl sites for hydroxylation is 4. The van der Waals surface area contributed by atoms with Crippen LogP contribution in [0.5, 0.6) is 0 Å². The van der Waals surface area contributed by atoms with E-state index in [0.717, 1.165) is 25.7 Å². The molecule has 0 radical (unpaired) electrons. The molecule has 304 valence electrons. The summed E-state index contributed by atoms with van der Waals surface area (Å²) >= 11 is 0. The minimum absolute atomic E-state index is 0.921. The van der Waals surface area contributed by atoms with Crippen LogP contribution in [0.2, 0.25) is 0 Å². The average Bonchev–Trinajstić information content (AvgIpc) is 3.25. The van der Waals surface area contributed by atoms with Crippen molar-refractivity contribution < 1.29 is 0 Å².